The van der Waals surface area contributed by atoms with Crippen LogP contribution in [0.4, 0.5) is 4.79 Å². The normalized spacial score (nSPS) is 10.4. The first-order chi connectivity index (χ1) is 9.29. The van der Waals surface area contributed by atoms with Crippen LogP contribution in [0.25, 0.3) is 10.8 Å². The van der Waals surface area contributed by atoms with Crippen molar-refractivity contribution in [2.45, 2.75) is 13.0 Å². The van der Waals surface area contributed by atoms with Gasteiger partial charge in [-0.15, -0.1) is 11.3 Å². The average molecular weight is 281 g/mol. The molecule has 0 saturated carbocycles. The summed E-state index contributed by atoms with van der Waals surface area (Å²) >= 11 is 1.55. The minimum atomic E-state index is -0.283. The number of nitrogens with one attached hydrogen (secondary N) is 2. The molecule has 102 valence electrons. The van der Waals surface area contributed by atoms with E-state index in [0.717, 1.165) is 4.88 Å². The van der Waals surface area contributed by atoms with E-state index in [4.69, 9.17) is 9.52 Å². The van der Waals surface area contributed by atoms with Crippen LogP contribution in [0, 0.1) is 0 Å². The summed E-state index contributed by atoms with van der Waals surface area (Å²) in [6, 6.07) is 3.57. The van der Waals surface area contributed by atoms with Crippen molar-refractivity contribution in [2.75, 3.05) is 13.2 Å². The molecule has 7 heteroatoms. The van der Waals surface area contributed by atoms with Gasteiger partial charge in [0.2, 0.25) is 5.89 Å². The highest BCUT2D eigenvalue weighted by Crippen LogP contribution is 2.23. The Balaban J connectivity index is 1.79. The molecule has 0 fully saturated rings. The monoisotopic (exact) mass is 281 g/mol. The second-order valence-electron chi connectivity index (χ2n) is 3.81. The fourth-order valence-electron chi connectivity index (χ4n) is 1.42. The molecule has 2 aromatic heterocycles. The minimum Gasteiger partial charge on any atom is -0.443 e. The van der Waals surface area contributed by atoms with E-state index < -0.39 is 0 Å². The number of carbonyl (C=O) groups excluding carboxylic acids is 1. The number of hydrogen-bond acceptors (Lipinski definition) is 5. The second-order valence-corrected chi connectivity index (χ2v) is 4.76. The summed E-state index contributed by atoms with van der Waals surface area (Å²) in [5, 5.41) is 15.8. The Morgan fingerprint density at radius 2 is 2.37 bits per heavy atom. The Bertz CT molecular complexity index is 510. The fourth-order valence-corrected chi connectivity index (χ4v) is 2.07. The molecule has 0 bridgehead atoms. The average Bonchev–Trinajstić information content (AvgIpc) is 3.07. The molecule has 0 aliphatic heterocycles. The van der Waals surface area contributed by atoms with Crippen molar-refractivity contribution in [1.82, 2.24) is 15.6 Å². The third kappa shape index (κ3) is 4.08. The van der Waals surface area contributed by atoms with Crippen molar-refractivity contribution >= 4 is 17.4 Å². The Morgan fingerprint density at radius 1 is 1.47 bits per heavy atom. The van der Waals surface area contributed by atoms with Crippen molar-refractivity contribution in [3.63, 3.8) is 0 Å². The van der Waals surface area contributed by atoms with E-state index in [1.165, 1.54) is 6.26 Å². The highest BCUT2D eigenvalue weighted by atomic mass is 32.1. The molecular weight excluding hydrogens is 266 g/mol. The molecular formula is C12H15N3O3S. The van der Waals surface area contributed by atoms with Crippen LogP contribution in [-0.4, -0.2) is 29.3 Å². The Kier molecular flexibility index (Phi) is 4.93. The highest BCUT2D eigenvalue weighted by Gasteiger charge is 2.08. The number of urea groups is 1. The summed E-state index contributed by atoms with van der Waals surface area (Å²) in [5.74, 6) is 0.562. The first-order valence-corrected chi connectivity index (χ1v) is 6.78. The fraction of sp³-hybridized carbons (Fsp3) is 0.333. The molecule has 3 N–H and O–H groups in total. The quantitative estimate of drug-likeness (QED) is 0.702. The van der Waals surface area contributed by atoms with E-state index in [1.807, 2.05) is 17.5 Å². The predicted molar refractivity (Wildman–Crippen MR) is 71.8 cm³/mol. The molecule has 0 radical (unpaired) electrons. The van der Waals surface area contributed by atoms with Gasteiger partial charge >= 0.3 is 6.03 Å². The number of aromatic nitrogens is 1. The lowest BCUT2D eigenvalue weighted by molar-refractivity contribution is 0.237. The molecule has 0 aromatic carbocycles. The largest absolute Gasteiger partial charge is 0.443 e. The number of carbonyl (C=O) groups is 1. The van der Waals surface area contributed by atoms with Crippen LogP contribution >= 0.6 is 11.3 Å². The molecule has 0 aliphatic rings. The van der Waals surface area contributed by atoms with Gasteiger partial charge in [0.1, 0.15) is 6.26 Å². The first kappa shape index (κ1) is 13.6. The summed E-state index contributed by atoms with van der Waals surface area (Å²) in [7, 11) is 0. The standard InChI is InChI=1S/C12H15N3O3S/c16-5-2-4-13-12(17)14-7-9-8-18-11(15-9)10-3-1-6-19-10/h1,3,6,8,16H,2,4-5,7H2,(H2,13,14,17). The van der Waals surface area contributed by atoms with Gasteiger partial charge in [-0.05, 0) is 17.9 Å². The maximum atomic E-state index is 11.4. The predicted octanol–water partition coefficient (Wildman–Crippen LogP) is 1.58. The summed E-state index contributed by atoms with van der Waals surface area (Å²) in [6.07, 6.45) is 2.07. The third-order valence-electron chi connectivity index (χ3n) is 2.33. The van der Waals surface area contributed by atoms with Gasteiger partial charge in [-0.2, -0.15) is 0 Å². The smallest absolute Gasteiger partial charge is 0.315 e. The Labute approximate surface area is 114 Å². The SMILES string of the molecule is O=C(NCCCO)NCc1coc(-c2cccs2)n1. The van der Waals surface area contributed by atoms with Crippen LogP contribution < -0.4 is 10.6 Å². The van der Waals surface area contributed by atoms with E-state index in [0.29, 0.717) is 31.1 Å². The maximum absolute atomic E-state index is 11.4. The molecule has 2 aromatic rings. The molecule has 2 amide bonds. The van der Waals surface area contributed by atoms with Gasteiger partial charge in [0.05, 0.1) is 17.1 Å². The lowest BCUT2D eigenvalue weighted by atomic mass is 10.4. The molecule has 0 unspecified atom stereocenters. The molecule has 2 rings (SSSR count). The van der Waals surface area contributed by atoms with E-state index in [9.17, 15) is 4.79 Å². The number of rotatable bonds is 6. The van der Waals surface area contributed by atoms with Crippen molar-refractivity contribution in [3.05, 3.63) is 29.5 Å². The van der Waals surface area contributed by atoms with Gasteiger partial charge in [0, 0.05) is 13.2 Å². The summed E-state index contributed by atoms with van der Waals surface area (Å²) in [6.45, 7) is 0.815. The van der Waals surface area contributed by atoms with Gasteiger partial charge in [0.15, 0.2) is 0 Å². The molecule has 0 aliphatic carbocycles. The number of aliphatic hydroxyl groups excluding tert-OH is 1. The van der Waals surface area contributed by atoms with Gasteiger partial charge < -0.3 is 20.2 Å². The summed E-state index contributed by atoms with van der Waals surface area (Å²) in [4.78, 5) is 16.6. The van der Waals surface area contributed by atoms with Gasteiger partial charge in [0.25, 0.3) is 0 Å². The minimum absolute atomic E-state index is 0.0632. The van der Waals surface area contributed by atoms with E-state index in [-0.39, 0.29) is 12.6 Å². The number of oxazole rings is 1. The van der Waals surface area contributed by atoms with Gasteiger partial charge in [-0.1, -0.05) is 6.07 Å². The molecule has 0 atom stereocenters. The second kappa shape index (κ2) is 6.91. The van der Waals surface area contributed by atoms with Crippen LogP contribution in [0.5, 0.6) is 0 Å². The Hall–Kier alpha value is -1.86. The highest BCUT2D eigenvalue weighted by molar-refractivity contribution is 7.13. The summed E-state index contributed by atoms with van der Waals surface area (Å²) in [5.41, 5.74) is 0.667. The number of thiophene rings is 1. The zero-order valence-electron chi connectivity index (χ0n) is 10.3. The van der Waals surface area contributed by atoms with Crippen molar-refractivity contribution in [3.8, 4) is 10.8 Å². The molecule has 2 heterocycles. The van der Waals surface area contributed by atoms with Gasteiger partial charge in [-0.3, -0.25) is 0 Å². The van der Waals surface area contributed by atoms with Crippen molar-refractivity contribution in [2.24, 2.45) is 0 Å². The van der Waals surface area contributed by atoms with Gasteiger partial charge in [-0.25, -0.2) is 9.78 Å². The van der Waals surface area contributed by atoms with E-state index in [2.05, 4.69) is 15.6 Å². The van der Waals surface area contributed by atoms with Crippen molar-refractivity contribution in [1.29, 1.82) is 0 Å². The van der Waals surface area contributed by atoms with Crippen LogP contribution in [0.3, 0.4) is 0 Å². The molecule has 19 heavy (non-hydrogen) atoms. The molecule has 0 spiro atoms. The number of hydrogen-bond donors (Lipinski definition) is 3. The lowest BCUT2D eigenvalue weighted by Crippen LogP contribution is -2.35. The number of amides is 2. The van der Waals surface area contributed by atoms with E-state index in [1.54, 1.807) is 11.3 Å². The topological polar surface area (TPSA) is 87.4 Å². The third-order valence-corrected chi connectivity index (χ3v) is 3.19. The summed E-state index contributed by atoms with van der Waals surface area (Å²) < 4.78 is 5.33. The molecule has 0 saturated heterocycles. The lowest BCUT2D eigenvalue weighted by Gasteiger charge is -2.04. The molecule has 6 nitrogen and oxygen atoms in total. The number of aliphatic hydroxyl groups is 1. The van der Waals surface area contributed by atoms with Crippen LogP contribution in [-0.2, 0) is 6.54 Å². The zero-order valence-corrected chi connectivity index (χ0v) is 11.1. The van der Waals surface area contributed by atoms with Crippen LogP contribution in [0.2, 0.25) is 0 Å². The number of nitrogens with zero attached hydrogens (tertiary/aromatic N) is 1. The van der Waals surface area contributed by atoms with Crippen LogP contribution in [0.1, 0.15) is 12.1 Å². The zero-order chi connectivity index (χ0) is 13.5. The first-order valence-electron chi connectivity index (χ1n) is 5.90. The van der Waals surface area contributed by atoms with E-state index >= 15 is 0 Å². The Morgan fingerprint density at radius 3 is 3.11 bits per heavy atom. The van der Waals surface area contributed by atoms with Crippen molar-refractivity contribution < 1.29 is 14.3 Å². The van der Waals surface area contributed by atoms with Crippen LogP contribution in [0.15, 0.2) is 28.2 Å². The maximum Gasteiger partial charge on any atom is 0.315 e.